The Morgan fingerprint density at radius 1 is 1.00 bits per heavy atom. The molecule has 0 aromatic rings. The van der Waals surface area contributed by atoms with Crippen LogP contribution in [-0.2, 0) is 9.59 Å². The zero-order valence-corrected chi connectivity index (χ0v) is 9.44. The molecule has 0 aliphatic rings. The van der Waals surface area contributed by atoms with Crippen LogP contribution in [0.5, 0.6) is 0 Å². The highest BCUT2D eigenvalue weighted by molar-refractivity contribution is 8.05. The summed E-state index contributed by atoms with van der Waals surface area (Å²) in [6.45, 7) is 0. The highest BCUT2D eigenvalue weighted by Crippen LogP contribution is 2.10. The maximum atomic E-state index is 9.55. The van der Waals surface area contributed by atoms with Gasteiger partial charge in [0.2, 0.25) is 0 Å². The predicted molar refractivity (Wildman–Crippen MR) is 60.6 cm³/mol. The Morgan fingerprint density at radius 3 is 1.38 bits per heavy atom. The van der Waals surface area contributed by atoms with Gasteiger partial charge in [0.25, 0.3) is 0 Å². The first-order chi connectivity index (χ1) is 7.34. The molecule has 0 rings (SSSR count). The van der Waals surface area contributed by atoms with Gasteiger partial charge in [0.05, 0.1) is 4.24 Å². The van der Waals surface area contributed by atoms with E-state index in [1.165, 1.54) is 0 Å². The lowest BCUT2D eigenvalue weighted by atomic mass is 10.4. The van der Waals surface area contributed by atoms with Crippen LogP contribution >= 0.6 is 25.3 Å². The number of hydrogen-bond donors (Lipinski definition) is 4. The first kappa shape index (κ1) is 16.5. The molecule has 0 aromatic heterocycles. The van der Waals surface area contributed by atoms with Crippen molar-refractivity contribution in [1.82, 2.24) is 0 Å². The normalized spacial score (nSPS) is 8.00. The quantitative estimate of drug-likeness (QED) is 0.330. The molecule has 0 unspecified atom stereocenters. The molecule has 0 spiro atoms. The molecule has 0 aliphatic heterocycles. The second-order valence-electron chi connectivity index (χ2n) is 1.93. The number of aliphatic carboxylic acids is 2. The average molecular weight is 258 g/mol. The zero-order valence-electron chi connectivity index (χ0n) is 7.65. The molecule has 0 atom stereocenters. The van der Waals surface area contributed by atoms with Crippen LogP contribution in [0.15, 0.2) is 22.0 Å². The fourth-order valence-electron chi connectivity index (χ4n) is 0.268. The van der Waals surface area contributed by atoms with Crippen molar-refractivity contribution in [3.05, 3.63) is 22.0 Å². The molecule has 0 heterocycles. The molecule has 6 nitrogen and oxygen atoms in total. The number of nitriles is 2. The van der Waals surface area contributed by atoms with Gasteiger partial charge in [-0.25, -0.2) is 9.59 Å². The molecule has 0 bridgehead atoms. The topological polar surface area (TPSA) is 122 Å². The van der Waals surface area contributed by atoms with Crippen molar-refractivity contribution >= 4 is 37.2 Å². The van der Waals surface area contributed by atoms with Crippen molar-refractivity contribution in [2.75, 3.05) is 0 Å². The molecule has 0 fully saturated rings. The largest absolute Gasteiger partial charge is 0.478 e. The number of nitrogens with zero attached hydrogens (tertiary/aromatic N) is 2. The van der Waals surface area contributed by atoms with Crippen molar-refractivity contribution in [3.63, 3.8) is 0 Å². The van der Waals surface area contributed by atoms with E-state index in [1.54, 1.807) is 12.1 Å². The van der Waals surface area contributed by atoms with Gasteiger partial charge >= 0.3 is 11.9 Å². The predicted octanol–water partition coefficient (Wildman–Crippen LogP) is 0.817. The molecular formula is C8H6N2O4S2. The summed E-state index contributed by atoms with van der Waals surface area (Å²) in [7, 11) is 0. The first-order valence-corrected chi connectivity index (χ1v) is 4.30. The van der Waals surface area contributed by atoms with E-state index >= 15 is 0 Å². The maximum absolute atomic E-state index is 9.55. The van der Waals surface area contributed by atoms with Gasteiger partial charge in [-0.2, -0.15) is 10.5 Å². The lowest BCUT2D eigenvalue weighted by molar-refractivity contribution is -0.134. The van der Waals surface area contributed by atoms with E-state index in [4.69, 9.17) is 20.7 Å². The standard InChI is InChI=1S/C4H2N2S2.C4H4O4/c5-1-3(2-6)4(7)8;5-3(6)1-2-4(7)8/h7-8H;1-2H,(H,5,6)(H,7,8)/b;2-1-. The minimum atomic E-state index is -1.26. The Kier molecular flexibility index (Phi) is 9.96. The van der Waals surface area contributed by atoms with Gasteiger partial charge in [-0.3, -0.25) is 0 Å². The smallest absolute Gasteiger partial charge is 0.328 e. The van der Waals surface area contributed by atoms with Crippen LogP contribution in [0.4, 0.5) is 0 Å². The molecule has 0 aliphatic carbocycles. The first-order valence-electron chi connectivity index (χ1n) is 3.41. The number of hydrogen-bond acceptors (Lipinski definition) is 6. The summed E-state index contributed by atoms with van der Waals surface area (Å²) in [4.78, 5) is 19.1. The number of carbonyl (C=O) groups is 2. The summed E-state index contributed by atoms with van der Waals surface area (Å²) in [5.74, 6) is -2.51. The molecule has 8 heteroatoms. The van der Waals surface area contributed by atoms with Crippen LogP contribution in [0.1, 0.15) is 0 Å². The van der Waals surface area contributed by atoms with Gasteiger partial charge in [0.1, 0.15) is 17.7 Å². The Morgan fingerprint density at radius 2 is 1.31 bits per heavy atom. The van der Waals surface area contributed by atoms with Crippen LogP contribution in [0.2, 0.25) is 0 Å². The SMILES string of the molecule is N#CC(C#N)=C(S)S.O=C(O)/C=C\C(=O)O. The highest BCUT2D eigenvalue weighted by atomic mass is 32.2. The van der Waals surface area contributed by atoms with Crippen molar-refractivity contribution < 1.29 is 19.8 Å². The average Bonchev–Trinajstić information content (AvgIpc) is 2.17. The lowest BCUT2D eigenvalue weighted by Gasteiger charge is -1.79. The number of rotatable bonds is 2. The molecule has 0 radical (unpaired) electrons. The van der Waals surface area contributed by atoms with Crippen molar-refractivity contribution in [2.24, 2.45) is 0 Å². The Balaban J connectivity index is 0. The Hall–Kier alpha value is -1.90. The third-order valence-corrected chi connectivity index (χ3v) is 1.26. The summed E-state index contributed by atoms with van der Waals surface area (Å²) in [6.07, 6.45) is 1.12. The minimum absolute atomic E-state index is 0.0586. The fourth-order valence-corrected chi connectivity index (χ4v) is 0.468. The molecule has 0 aromatic carbocycles. The third-order valence-electron chi connectivity index (χ3n) is 0.816. The van der Waals surface area contributed by atoms with Crippen LogP contribution in [0, 0.1) is 22.7 Å². The van der Waals surface area contributed by atoms with Crippen molar-refractivity contribution in [3.8, 4) is 12.1 Å². The summed E-state index contributed by atoms with van der Waals surface area (Å²) in [5, 5.41) is 31.8. The molecule has 84 valence electrons. The number of allylic oxidation sites excluding steroid dienone is 1. The minimum Gasteiger partial charge on any atom is -0.478 e. The second-order valence-corrected chi connectivity index (χ2v) is 3.18. The molecule has 0 saturated carbocycles. The van der Waals surface area contributed by atoms with E-state index in [2.05, 4.69) is 25.3 Å². The van der Waals surface area contributed by atoms with E-state index < -0.39 is 11.9 Å². The lowest BCUT2D eigenvalue weighted by Crippen LogP contribution is -1.91. The highest BCUT2D eigenvalue weighted by Gasteiger charge is 1.93. The molecule has 0 saturated heterocycles. The van der Waals surface area contributed by atoms with Gasteiger partial charge < -0.3 is 10.2 Å². The van der Waals surface area contributed by atoms with E-state index in [1.807, 2.05) is 0 Å². The second kappa shape index (κ2) is 9.65. The van der Waals surface area contributed by atoms with Gasteiger partial charge in [-0.1, -0.05) is 0 Å². The Labute approximate surface area is 102 Å². The van der Waals surface area contributed by atoms with Gasteiger partial charge in [-0.15, -0.1) is 25.3 Å². The summed E-state index contributed by atoms with van der Waals surface area (Å²) in [6, 6.07) is 3.23. The van der Waals surface area contributed by atoms with E-state index in [0.717, 1.165) is 0 Å². The molecular weight excluding hydrogens is 252 g/mol. The van der Waals surface area contributed by atoms with Crippen molar-refractivity contribution in [2.45, 2.75) is 0 Å². The summed E-state index contributed by atoms with van der Waals surface area (Å²) >= 11 is 7.30. The van der Waals surface area contributed by atoms with E-state index in [-0.39, 0.29) is 9.81 Å². The van der Waals surface area contributed by atoms with E-state index in [9.17, 15) is 9.59 Å². The summed E-state index contributed by atoms with van der Waals surface area (Å²) < 4.78 is 0.162. The molecule has 16 heavy (non-hydrogen) atoms. The molecule has 0 amide bonds. The van der Waals surface area contributed by atoms with Crippen LogP contribution < -0.4 is 0 Å². The number of thiol groups is 2. The van der Waals surface area contributed by atoms with E-state index in [0.29, 0.717) is 12.2 Å². The van der Waals surface area contributed by atoms with Crippen LogP contribution in [0.25, 0.3) is 0 Å². The van der Waals surface area contributed by atoms with Crippen molar-refractivity contribution in [1.29, 1.82) is 10.5 Å². The zero-order chi connectivity index (χ0) is 13.1. The number of carboxylic acid groups (broad SMARTS) is 2. The maximum Gasteiger partial charge on any atom is 0.328 e. The number of carboxylic acids is 2. The van der Waals surface area contributed by atoms with Crippen LogP contribution in [-0.4, -0.2) is 22.2 Å². The van der Waals surface area contributed by atoms with Crippen LogP contribution in [0.3, 0.4) is 0 Å². The van der Waals surface area contributed by atoms with Gasteiger partial charge in [0.15, 0.2) is 0 Å². The fraction of sp³-hybridized carbons (Fsp3) is 0. The summed E-state index contributed by atoms with van der Waals surface area (Å²) in [5.41, 5.74) is -0.0586. The third kappa shape index (κ3) is 12.1. The monoisotopic (exact) mass is 258 g/mol. The van der Waals surface area contributed by atoms with Gasteiger partial charge in [0, 0.05) is 12.2 Å². The Bertz CT molecular complexity index is 379. The molecule has 2 N–H and O–H groups in total. The van der Waals surface area contributed by atoms with Gasteiger partial charge in [-0.05, 0) is 0 Å².